The number of hydrogen-bond donors (Lipinski definition) is 2. The summed E-state index contributed by atoms with van der Waals surface area (Å²) in [5, 5.41) is 6.08. The largest absolute Gasteiger partial charge is 0.326 e. The number of carbonyl (C=O) groups excluding carboxylic acids is 2. The molecule has 0 aromatic heterocycles. The van der Waals surface area contributed by atoms with Gasteiger partial charge in [0.2, 0.25) is 11.8 Å². The number of anilines is 2. The van der Waals surface area contributed by atoms with Crippen LogP contribution in [0.3, 0.4) is 0 Å². The molecule has 126 valence electrons. The maximum Gasteiger partial charge on any atom is 0.237 e. The van der Waals surface area contributed by atoms with Crippen molar-refractivity contribution in [1.82, 2.24) is 0 Å². The summed E-state index contributed by atoms with van der Waals surface area (Å²) in [6.45, 7) is 3.27. The molecule has 2 rings (SSSR count). The molecule has 0 heterocycles. The van der Waals surface area contributed by atoms with E-state index in [1.807, 2.05) is 19.1 Å². The van der Waals surface area contributed by atoms with E-state index < -0.39 is 0 Å². The molecule has 7 heteroatoms. The Morgan fingerprint density at radius 2 is 1.71 bits per heavy atom. The number of carbonyl (C=O) groups is 2. The number of amides is 2. The number of nitrogens with one attached hydrogen (secondary N) is 2. The van der Waals surface area contributed by atoms with Gasteiger partial charge in [0.05, 0.1) is 16.0 Å². The minimum atomic E-state index is -0.316. The third-order valence-corrected chi connectivity index (χ3v) is 4.71. The Morgan fingerprint density at radius 3 is 2.29 bits per heavy atom. The first-order valence-electron chi connectivity index (χ1n) is 7.15. The zero-order valence-corrected chi connectivity index (χ0v) is 15.4. The van der Waals surface area contributed by atoms with Crippen LogP contribution in [-0.2, 0) is 9.59 Å². The lowest BCUT2D eigenvalue weighted by Gasteiger charge is -2.13. The lowest BCUT2D eigenvalue weighted by molar-refractivity contribution is -0.115. The second-order valence-corrected chi connectivity index (χ2v) is 7.34. The first-order chi connectivity index (χ1) is 11.3. The first kappa shape index (κ1) is 18.6. The fourth-order valence-electron chi connectivity index (χ4n) is 1.90. The molecule has 0 saturated carbocycles. The molecule has 0 bridgehead atoms. The van der Waals surface area contributed by atoms with E-state index in [0.717, 1.165) is 10.6 Å². The van der Waals surface area contributed by atoms with Crippen LogP contribution < -0.4 is 10.6 Å². The molecule has 0 aliphatic heterocycles. The molecule has 0 aliphatic rings. The topological polar surface area (TPSA) is 58.2 Å². The second kappa shape index (κ2) is 8.42. The summed E-state index contributed by atoms with van der Waals surface area (Å²) in [5.41, 5.74) is 1.25. The van der Waals surface area contributed by atoms with E-state index in [0.29, 0.717) is 15.7 Å². The van der Waals surface area contributed by atoms with Gasteiger partial charge in [-0.1, -0.05) is 23.2 Å². The molecular weight excluding hydrogens is 367 g/mol. The zero-order valence-electron chi connectivity index (χ0n) is 13.1. The Hall–Kier alpha value is -1.69. The van der Waals surface area contributed by atoms with Crippen molar-refractivity contribution in [3.8, 4) is 0 Å². The highest BCUT2D eigenvalue weighted by Gasteiger charge is 2.16. The smallest absolute Gasteiger partial charge is 0.237 e. The van der Waals surface area contributed by atoms with Gasteiger partial charge in [-0.25, -0.2) is 0 Å². The number of halogens is 2. The molecule has 0 radical (unpaired) electrons. The highest BCUT2D eigenvalue weighted by Crippen LogP contribution is 2.28. The van der Waals surface area contributed by atoms with Gasteiger partial charge in [-0.2, -0.15) is 0 Å². The van der Waals surface area contributed by atoms with Crippen LogP contribution in [0.5, 0.6) is 0 Å². The van der Waals surface area contributed by atoms with Gasteiger partial charge in [0.15, 0.2) is 0 Å². The lowest BCUT2D eigenvalue weighted by Crippen LogP contribution is -2.22. The highest BCUT2D eigenvalue weighted by molar-refractivity contribution is 8.00. The standard InChI is InChI=1S/C17H16Cl2N2O2S/c1-10(17(23)21-16-8-3-12(18)9-15(16)19)24-14-6-4-13(5-7-14)20-11(2)22/h3-10H,1-2H3,(H,20,22)(H,21,23). The maximum absolute atomic E-state index is 12.3. The lowest BCUT2D eigenvalue weighted by atomic mass is 10.3. The van der Waals surface area contributed by atoms with Crippen molar-refractivity contribution in [3.05, 3.63) is 52.5 Å². The van der Waals surface area contributed by atoms with E-state index in [2.05, 4.69) is 10.6 Å². The van der Waals surface area contributed by atoms with Crippen LogP contribution in [-0.4, -0.2) is 17.1 Å². The molecule has 0 saturated heterocycles. The van der Waals surface area contributed by atoms with Crippen LogP contribution in [0.15, 0.2) is 47.4 Å². The number of benzene rings is 2. The minimum Gasteiger partial charge on any atom is -0.326 e. The second-order valence-electron chi connectivity index (χ2n) is 5.08. The van der Waals surface area contributed by atoms with E-state index in [4.69, 9.17) is 23.2 Å². The predicted octanol–water partition coefficient (Wildman–Crippen LogP) is 5.07. The summed E-state index contributed by atoms with van der Waals surface area (Å²) in [7, 11) is 0. The van der Waals surface area contributed by atoms with Crippen molar-refractivity contribution >= 4 is 58.2 Å². The Morgan fingerprint density at radius 1 is 1.04 bits per heavy atom. The molecule has 0 fully saturated rings. The molecule has 2 aromatic rings. The van der Waals surface area contributed by atoms with Gasteiger partial charge in [-0.05, 0) is 49.4 Å². The fraction of sp³-hybridized carbons (Fsp3) is 0.176. The summed E-state index contributed by atoms with van der Waals surface area (Å²) in [6.07, 6.45) is 0. The molecule has 4 nitrogen and oxygen atoms in total. The average molecular weight is 383 g/mol. The van der Waals surface area contributed by atoms with Crippen LogP contribution in [0.4, 0.5) is 11.4 Å². The monoisotopic (exact) mass is 382 g/mol. The predicted molar refractivity (Wildman–Crippen MR) is 101 cm³/mol. The molecule has 1 atom stereocenters. The quantitative estimate of drug-likeness (QED) is 0.709. The number of hydrogen-bond acceptors (Lipinski definition) is 3. The molecule has 2 N–H and O–H groups in total. The molecular formula is C17H16Cl2N2O2S. The Balaban J connectivity index is 1.97. The van der Waals surface area contributed by atoms with Crippen LogP contribution in [0.1, 0.15) is 13.8 Å². The molecule has 0 spiro atoms. The molecule has 24 heavy (non-hydrogen) atoms. The van der Waals surface area contributed by atoms with E-state index >= 15 is 0 Å². The van der Waals surface area contributed by atoms with Crippen LogP contribution >= 0.6 is 35.0 Å². The third-order valence-electron chi connectivity index (χ3n) is 3.05. The maximum atomic E-state index is 12.3. The van der Waals surface area contributed by atoms with Crippen LogP contribution in [0, 0.1) is 0 Å². The number of rotatable bonds is 5. The van der Waals surface area contributed by atoms with Crippen molar-refractivity contribution in [2.24, 2.45) is 0 Å². The Labute approximate surface area is 154 Å². The number of thioether (sulfide) groups is 1. The first-order valence-corrected chi connectivity index (χ1v) is 8.79. The van der Waals surface area contributed by atoms with Gasteiger partial charge in [-0.15, -0.1) is 11.8 Å². The van der Waals surface area contributed by atoms with Gasteiger partial charge in [0, 0.05) is 22.5 Å². The van der Waals surface area contributed by atoms with Crippen molar-refractivity contribution in [2.45, 2.75) is 24.0 Å². The highest BCUT2D eigenvalue weighted by atomic mass is 35.5. The van der Waals surface area contributed by atoms with Crippen molar-refractivity contribution in [1.29, 1.82) is 0 Å². The van der Waals surface area contributed by atoms with E-state index in [1.54, 1.807) is 30.3 Å². The summed E-state index contributed by atoms with van der Waals surface area (Å²) in [4.78, 5) is 24.2. The molecule has 1 unspecified atom stereocenters. The minimum absolute atomic E-state index is 0.122. The van der Waals surface area contributed by atoms with Crippen LogP contribution in [0.2, 0.25) is 10.0 Å². The summed E-state index contributed by atoms with van der Waals surface area (Å²) < 4.78 is 0. The van der Waals surface area contributed by atoms with Gasteiger partial charge < -0.3 is 10.6 Å². The van der Waals surface area contributed by atoms with Gasteiger partial charge >= 0.3 is 0 Å². The van der Waals surface area contributed by atoms with E-state index in [-0.39, 0.29) is 17.1 Å². The third kappa shape index (κ3) is 5.44. The van der Waals surface area contributed by atoms with Gasteiger partial charge in [-0.3, -0.25) is 9.59 Å². The molecule has 2 amide bonds. The van der Waals surface area contributed by atoms with Gasteiger partial charge in [0.25, 0.3) is 0 Å². The van der Waals surface area contributed by atoms with E-state index in [9.17, 15) is 9.59 Å². The summed E-state index contributed by atoms with van der Waals surface area (Å²) >= 11 is 13.3. The fourth-order valence-corrected chi connectivity index (χ4v) is 3.23. The normalized spacial score (nSPS) is 11.7. The van der Waals surface area contributed by atoms with Crippen molar-refractivity contribution in [3.63, 3.8) is 0 Å². The average Bonchev–Trinajstić information content (AvgIpc) is 2.51. The summed E-state index contributed by atoms with van der Waals surface area (Å²) in [6, 6.07) is 12.2. The SMILES string of the molecule is CC(=O)Nc1ccc(SC(C)C(=O)Nc2ccc(Cl)cc2Cl)cc1. The van der Waals surface area contributed by atoms with Crippen molar-refractivity contribution < 1.29 is 9.59 Å². The van der Waals surface area contributed by atoms with Crippen LogP contribution in [0.25, 0.3) is 0 Å². The summed E-state index contributed by atoms with van der Waals surface area (Å²) in [5.74, 6) is -0.279. The van der Waals surface area contributed by atoms with E-state index in [1.165, 1.54) is 18.7 Å². The Kier molecular flexibility index (Phi) is 6.54. The molecule has 2 aromatic carbocycles. The van der Waals surface area contributed by atoms with Gasteiger partial charge in [0.1, 0.15) is 0 Å². The Bertz CT molecular complexity index is 751. The molecule has 0 aliphatic carbocycles. The zero-order chi connectivity index (χ0) is 17.7. The van der Waals surface area contributed by atoms with Crippen molar-refractivity contribution in [2.75, 3.05) is 10.6 Å².